The van der Waals surface area contributed by atoms with E-state index in [1.165, 1.54) is 0 Å². The van der Waals surface area contributed by atoms with Gasteiger partial charge in [-0.25, -0.2) is 9.97 Å². The first-order valence-electron chi connectivity index (χ1n) is 6.81. The molecule has 19 heavy (non-hydrogen) atoms. The predicted molar refractivity (Wildman–Crippen MR) is 75.3 cm³/mol. The van der Waals surface area contributed by atoms with Crippen molar-refractivity contribution in [1.29, 1.82) is 0 Å². The number of hydrogen-bond donors (Lipinski definition) is 0. The molecule has 0 fully saturated rings. The lowest BCUT2D eigenvalue weighted by atomic mass is 10.1. The smallest absolute Gasteiger partial charge is 0.325 e. The summed E-state index contributed by atoms with van der Waals surface area (Å²) < 4.78 is 4.99. The number of hydrogen-bond acceptors (Lipinski definition) is 5. The fourth-order valence-electron chi connectivity index (χ4n) is 1.76. The van der Waals surface area contributed by atoms with Crippen molar-refractivity contribution in [2.24, 2.45) is 0 Å². The summed E-state index contributed by atoms with van der Waals surface area (Å²) in [6.45, 7) is 9.46. The first-order chi connectivity index (χ1) is 9.08. The van der Waals surface area contributed by atoms with Crippen LogP contribution in [-0.4, -0.2) is 35.6 Å². The van der Waals surface area contributed by atoms with Gasteiger partial charge in [0, 0.05) is 18.3 Å². The van der Waals surface area contributed by atoms with Crippen LogP contribution in [0.2, 0.25) is 0 Å². The van der Waals surface area contributed by atoms with Gasteiger partial charge in [0.2, 0.25) is 0 Å². The lowest BCUT2D eigenvalue weighted by Gasteiger charge is -2.22. The summed E-state index contributed by atoms with van der Waals surface area (Å²) in [5, 5.41) is 0. The molecule has 0 amide bonds. The number of carbonyl (C=O) groups excluding carboxylic acids is 1. The highest BCUT2D eigenvalue weighted by Gasteiger charge is 2.14. The summed E-state index contributed by atoms with van der Waals surface area (Å²) in [5.74, 6) is 0.905. The fourth-order valence-corrected chi connectivity index (χ4v) is 1.76. The minimum atomic E-state index is -0.222. The van der Waals surface area contributed by atoms with E-state index in [1.54, 1.807) is 6.33 Å². The molecule has 0 aliphatic rings. The van der Waals surface area contributed by atoms with Gasteiger partial charge in [-0.1, -0.05) is 20.8 Å². The summed E-state index contributed by atoms with van der Waals surface area (Å²) in [6.07, 6.45) is 2.50. The van der Waals surface area contributed by atoms with E-state index in [2.05, 4.69) is 30.7 Å². The minimum Gasteiger partial charge on any atom is -0.465 e. The zero-order valence-corrected chi connectivity index (χ0v) is 12.2. The van der Waals surface area contributed by atoms with E-state index in [-0.39, 0.29) is 12.5 Å². The van der Waals surface area contributed by atoms with Crippen LogP contribution in [0.3, 0.4) is 0 Å². The van der Waals surface area contributed by atoms with E-state index < -0.39 is 0 Å². The van der Waals surface area contributed by atoms with E-state index in [9.17, 15) is 4.79 Å². The zero-order valence-electron chi connectivity index (χ0n) is 12.2. The number of anilines is 1. The van der Waals surface area contributed by atoms with Crippen molar-refractivity contribution in [1.82, 2.24) is 9.97 Å². The summed E-state index contributed by atoms with van der Waals surface area (Å²) in [6, 6.07) is 1.94. The molecule has 0 spiro atoms. The molecule has 1 heterocycles. The van der Waals surface area contributed by atoms with Crippen LogP contribution in [0.15, 0.2) is 12.4 Å². The summed E-state index contributed by atoms with van der Waals surface area (Å²) in [5.41, 5.74) is 0.981. The Morgan fingerprint density at radius 2 is 2.11 bits per heavy atom. The average Bonchev–Trinajstić information content (AvgIpc) is 2.38. The number of carbonyl (C=O) groups is 1. The van der Waals surface area contributed by atoms with Crippen LogP contribution in [-0.2, 0) is 9.53 Å². The lowest BCUT2D eigenvalue weighted by molar-refractivity contribution is -0.141. The zero-order chi connectivity index (χ0) is 14.3. The third kappa shape index (κ3) is 4.85. The summed E-state index contributed by atoms with van der Waals surface area (Å²) in [4.78, 5) is 22.1. The maximum Gasteiger partial charge on any atom is 0.325 e. The normalized spacial score (nSPS) is 10.6. The highest BCUT2D eigenvalue weighted by atomic mass is 16.5. The highest BCUT2D eigenvalue weighted by Crippen LogP contribution is 2.17. The molecule has 0 saturated carbocycles. The van der Waals surface area contributed by atoms with Gasteiger partial charge >= 0.3 is 5.97 Å². The SMILES string of the molecule is CCCN(CC(=O)OCC)c1cc(C(C)C)ncn1. The van der Waals surface area contributed by atoms with Gasteiger partial charge in [-0.3, -0.25) is 4.79 Å². The van der Waals surface area contributed by atoms with Crippen molar-refractivity contribution in [2.45, 2.75) is 40.0 Å². The third-order valence-corrected chi connectivity index (χ3v) is 2.71. The maximum atomic E-state index is 11.6. The Kier molecular flexibility index (Phi) is 6.25. The second-order valence-corrected chi connectivity index (χ2v) is 4.68. The first kappa shape index (κ1) is 15.4. The van der Waals surface area contributed by atoms with Crippen LogP contribution in [0.1, 0.15) is 45.7 Å². The van der Waals surface area contributed by atoms with Crippen LogP contribution < -0.4 is 4.90 Å². The molecule has 1 rings (SSSR count). The molecule has 5 heteroatoms. The predicted octanol–water partition coefficient (Wildman–Crippen LogP) is 2.38. The molecule has 0 bridgehead atoms. The van der Waals surface area contributed by atoms with E-state index >= 15 is 0 Å². The van der Waals surface area contributed by atoms with Gasteiger partial charge in [0.1, 0.15) is 18.7 Å². The number of aromatic nitrogens is 2. The molecule has 0 aromatic carbocycles. The Hall–Kier alpha value is -1.65. The minimum absolute atomic E-state index is 0.222. The Balaban J connectivity index is 2.85. The van der Waals surface area contributed by atoms with Crippen LogP contribution in [0.25, 0.3) is 0 Å². The number of rotatable bonds is 7. The van der Waals surface area contributed by atoms with Gasteiger partial charge < -0.3 is 9.64 Å². The fraction of sp³-hybridized carbons (Fsp3) is 0.643. The molecular weight excluding hydrogens is 242 g/mol. The van der Waals surface area contributed by atoms with Crippen molar-refractivity contribution < 1.29 is 9.53 Å². The van der Waals surface area contributed by atoms with Crippen molar-refractivity contribution >= 4 is 11.8 Å². The number of ether oxygens (including phenoxy) is 1. The third-order valence-electron chi connectivity index (χ3n) is 2.71. The Morgan fingerprint density at radius 1 is 1.37 bits per heavy atom. The Morgan fingerprint density at radius 3 is 2.68 bits per heavy atom. The largest absolute Gasteiger partial charge is 0.465 e. The highest BCUT2D eigenvalue weighted by molar-refractivity contribution is 5.75. The van der Waals surface area contributed by atoms with Crippen molar-refractivity contribution in [3.63, 3.8) is 0 Å². The molecule has 106 valence electrons. The van der Waals surface area contributed by atoms with Crippen LogP contribution in [0, 0.1) is 0 Å². The van der Waals surface area contributed by atoms with Crippen molar-refractivity contribution in [2.75, 3.05) is 24.6 Å². The molecule has 0 radical (unpaired) electrons. The van der Waals surface area contributed by atoms with Gasteiger partial charge in [0.05, 0.1) is 6.61 Å². The second-order valence-electron chi connectivity index (χ2n) is 4.68. The second kappa shape index (κ2) is 7.71. The lowest BCUT2D eigenvalue weighted by Crippen LogP contribution is -2.32. The molecule has 0 atom stereocenters. The Labute approximate surface area is 115 Å². The Bertz CT molecular complexity index is 407. The molecule has 0 unspecified atom stereocenters. The maximum absolute atomic E-state index is 11.6. The van der Waals surface area contributed by atoms with Gasteiger partial charge in [0.15, 0.2) is 0 Å². The average molecular weight is 265 g/mol. The molecule has 0 aliphatic heterocycles. The quantitative estimate of drug-likeness (QED) is 0.708. The van der Waals surface area contributed by atoms with E-state index in [4.69, 9.17) is 4.74 Å². The molecule has 0 aliphatic carbocycles. The van der Waals surface area contributed by atoms with Gasteiger partial charge in [-0.15, -0.1) is 0 Å². The summed E-state index contributed by atoms with van der Waals surface area (Å²) in [7, 11) is 0. The van der Waals surface area contributed by atoms with E-state index in [0.717, 1.165) is 24.5 Å². The van der Waals surface area contributed by atoms with E-state index in [0.29, 0.717) is 12.5 Å². The van der Waals surface area contributed by atoms with Crippen LogP contribution in [0.4, 0.5) is 5.82 Å². The van der Waals surface area contributed by atoms with Crippen molar-refractivity contribution in [3.05, 3.63) is 18.1 Å². The van der Waals surface area contributed by atoms with Crippen LogP contribution >= 0.6 is 0 Å². The summed E-state index contributed by atoms with van der Waals surface area (Å²) >= 11 is 0. The number of esters is 1. The van der Waals surface area contributed by atoms with E-state index in [1.807, 2.05) is 17.9 Å². The monoisotopic (exact) mass is 265 g/mol. The van der Waals surface area contributed by atoms with Crippen molar-refractivity contribution in [3.8, 4) is 0 Å². The topological polar surface area (TPSA) is 55.3 Å². The number of nitrogens with zero attached hydrogens (tertiary/aromatic N) is 3. The first-order valence-corrected chi connectivity index (χ1v) is 6.81. The molecule has 1 aromatic heterocycles. The van der Waals surface area contributed by atoms with Crippen LogP contribution in [0.5, 0.6) is 0 Å². The molecular formula is C14H23N3O2. The molecule has 1 aromatic rings. The van der Waals surface area contributed by atoms with Gasteiger partial charge in [-0.2, -0.15) is 0 Å². The molecule has 0 saturated heterocycles. The molecule has 5 nitrogen and oxygen atoms in total. The standard InChI is InChI=1S/C14H23N3O2/c1-5-7-17(9-14(18)19-6-2)13-8-12(11(3)4)15-10-16-13/h8,10-11H,5-7,9H2,1-4H3. The van der Waals surface area contributed by atoms with Gasteiger partial charge in [0.25, 0.3) is 0 Å². The van der Waals surface area contributed by atoms with Gasteiger partial charge in [-0.05, 0) is 19.3 Å². The molecule has 0 N–H and O–H groups in total.